The monoisotopic (exact) mass is 268 g/mol. The van der Waals surface area contributed by atoms with E-state index >= 15 is 0 Å². The van der Waals surface area contributed by atoms with Gasteiger partial charge in [-0.3, -0.25) is 4.79 Å². The minimum Gasteiger partial charge on any atom is -0.462 e. The SMILES string of the molecule is CCOC(=O)c1cccc(CC)c1C(=O)C(C)Cl. The van der Waals surface area contributed by atoms with E-state index in [9.17, 15) is 9.59 Å². The first-order valence-electron chi connectivity index (χ1n) is 6.00. The standard InChI is InChI=1S/C14H17ClO3/c1-4-10-7-6-8-11(14(17)18-5-2)12(10)13(16)9(3)15/h6-9H,4-5H2,1-3H3. The van der Waals surface area contributed by atoms with Crippen LogP contribution in [0.15, 0.2) is 18.2 Å². The number of alkyl halides is 1. The maximum Gasteiger partial charge on any atom is 0.338 e. The van der Waals surface area contributed by atoms with E-state index in [2.05, 4.69) is 0 Å². The number of halogens is 1. The van der Waals surface area contributed by atoms with E-state index in [1.165, 1.54) is 0 Å². The summed E-state index contributed by atoms with van der Waals surface area (Å²) < 4.78 is 4.96. The lowest BCUT2D eigenvalue weighted by molar-refractivity contribution is 0.0523. The molecule has 0 saturated carbocycles. The molecule has 98 valence electrons. The lowest BCUT2D eigenvalue weighted by Gasteiger charge is -2.13. The zero-order valence-electron chi connectivity index (χ0n) is 10.8. The molecule has 1 unspecified atom stereocenters. The maximum absolute atomic E-state index is 12.1. The van der Waals surface area contributed by atoms with Crippen LogP contribution >= 0.6 is 11.6 Å². The molecular formula is C14H17ClO3. The number of carbonyl (C=O) groups excluding carboxylic acids is 2. The molecule has 0 spiro atoms. The summed E-state index contributed by atoms with van der Waals surface area (Å²) in [6.07, 6.45) is 0.665. The van der Waals surface area contributed by atoms with Crippen molar-refractivity contribution in [3.8, 4) is 0 Å². The van der Waals surface area contributed by atoms with E-state index in [1.54, 1.807) is 26.0 Å². The number of Topliss-reactive ketones (excluding diaryl/α,β-unsaturated/α-hetero) is 1. The Kier molecular flexibility index (Phi) is 5.35. The number of rotatable bonds is 5. The molecule has 3 nitrogen and oxygen atoms in total. The van der Waals surface area contributed by atoms with Crippen LogP contribution in [0.2, 0.25) is 0 Å². The number of esters is 1. The van der Waals surface area contributed by atoms with Gasteiger partial charge >= 0.3 is 5.97 Å². The topological polar surface area (TPSA) is 43.4 Å². The second-order valence-corrected chi connectivity index (χ2v) is 4.55. The Labute approximate surface area is 112 Å². The first kappa shape index (κ1) is 14.7. The summed E-state index contributed by atoms with van der Waals surface area (Å²) in [4.78, 5) is 24.0. The maximum atomic E-state index is 12.1. The van der Waals surface area contributed by atoms with Crippen LogP contribution in [0.5, 0.6) is 0 Å². The van der Waals surface area contributed by atoms with E-state index in [1.807, 2.05) is 13.0 Å². The molecule has 1 aromatic carbocycles. The van der Waals surface area contributed by atoms with Gasteiger partial charge in [-0.15, -0.1) is 11.6 Å². The summed E-state index contributed by atoms with van der Waals surface area (Å²) >= 11 is 5.84. The van der Waals surface area contributed by atoms with Crippen molar-refractivity contribution in [2.24, 2.45) is 0 Å². The minimum atomic E-state index is -0.661. The summed E-state index contributed by atoms with van der Waals surface area (Å²) in [6.45, 7) is 5.54. The van der Waals surface area contributed by atoms with Crippen LogP contribution in [0.3, 0.4) is 0 Å². The highest BCUT2D eigenvalue weighted by atomic mass is 35.5. The van der Waals surface area contributed by atoms with Crippen LogP contribution in [-0.2, 0) is 11.2 Å². The normalized spacial score (nSPS) is 12.0. The second-order valence-electron chi connectivity index (χ2n) is 3.89. The number of ketones is 1. The van der Waals surface area contributed by atoms with Crippen LogP contribution in [0, 0.1) is 0 Å². The Hall–Kier alpha value is -1.35. The number of aryl methyl sites for hydroxylation is 1. The van der Waals surface area contributed by atoms with Gasteiger partial charge in [0, 0.05) is 5.56 Å². The highest BCUT2D eigenvalue weighted by Crippen LogP contribution is 2.20. The Morgan fingerprint density at radius 2 is 2.00 bits per heavy atom. The van der Waals surface area contributed by atoms with Gasteiger partial charge in [-0.05, 0) is 31.9 Å². The molecule has 1 atom stereocenters. The molecular weight excluding hydrogens is 252 g/mol. The molecule has 0 saturated heterocycles. The van der Waals surface area contributed by atoms with Gasteiger partial charge in [0.2, 0.25) is 0 Å². The quantitative estimate of drug-likeness (QED) is 0.468. The lowest BCUT2D eigenvalue weighted by Crippen LogP contribution is -2.19. The molecule has 0 fully saturated rings. The van der Waals surface area contributed by atoms with Crippen molar-refractivity contribution < 1.29 is 14.3 Å². The molecule has 0 bridgehead atoms. The third kappa shape index (κ3) is 3.10. The molecule has 1 rings (SSSR count). The van der Waals surface area contributed by atoms with Gasteiger partial charge < -0.3 is 4.74 Å². The number of benzene rings is 1. The van der Waals surface area contributed by atoms with Crippen molar-refractivity contribution in [1.29, 1.82) is 0 Å². The molecule has 0 aromatic heterocycles. The Bertz CT molecular complexity index is 452. The largest absolute Gasteiger partial charge is 0.462 e. The van der Waals surface area contributed by atoms with Gasteiger partial charge in [0.15, 0.2) is 5.78 Å². The second kappa shape index (κ2) is 6.55. The third-order valence-corrected chi connectivity index (χ3v) is 2.83. The van der Waals surface area contributed by atoms with E-state index in [4.69, 9.17) is 16.3 Å². The molecule has 0 aliphatic heterocycles. The van der Waals surface area contributed by atoms with Gasteiger partial charge in [0.1, 0.15) is 0 Å². The van der Waals surface area contributed by atoms with E-state index < -0.39 is 11.3 Å². The van der Waals surface area contributed by atoms with Gasteiger partial charge in [-0.1, -0.05) is 19.1 Å². The zero-order valence-corrected chi connectivity index (χ0v) is 11.6. The molecule has 0 heterocycles. The van der Waals surface area contributed by atoms with Crippen molar-refractivity contribution in [2.45, 2.75) is 32.6 Å². The van der Waals surface area contributed by atoms with Crippen molar-refractivity contribution in [1.82, 2.24) is 0 Å². The molecule has 18 heavy (non-hydrogen) atoms. The van der Waals surface area contributed by atoms with Crippen LogP contribution in [0.4, 0.5) is 0 Å². The summed E-state index contributed by atoms with van der Waals surface area (Å²) in [5.41, 5.74) is 1.51. The molecule has 0 N–H and O–H groups in total. The molecule has 0 aliphatic rings. The molecule has 1 aromatic rings. The van der Waals surface area contributed by atoms with E-state index in [0.717, 1.165) is 5.56 Å². The number of carbonyl (C=O) groups is 2. The fourth-order valence-corrected chi connectivity index (χ4v) is 1.87. The molecule has 0 amide bonds. The van der Waals surface area contributed by atoms with Gasteiger partial charge in [-0.25, -0.2) is 4.79 Å². The highest BCUT2D eigenvalue weighted by Gasteiger charge is 2.23. The van der Waals surface area contributed by atoms with Crippen molar-refractivity contribution >= 4 is 23.4 Å². The van der Waals surface area contributed by atoms with Crippen LogP contribution < -0.4 is 0 Å². The fraction of sp³-hybridized carbons (Fsp3) is 0.429. The summed E-state index contributed by atoms with van der Waals surface area (Å²) in [6, 6.07) is 5.18. The number of ether oxygens (including phenoxy) is 1. The zero-order chi connectivity index (χ0) is 13.7. The highest BCUT2D eigenvalue weighted by molar-refractivity contribution is 6.34. The number of hydrogen-bond donors (Lipinski definition) is 0. The third-order valence-electron chi connectivity index (χ3n) is 2.63. The van der Waals surface area contributed by atoms with Gasteiger partial charge in [0.05, 0.1) is 17.5 Å². The average molecular weight is 269 g/mol. The smallest absolute Gasteiger partial charge is 0.338 e. The summed E-state index contributed by atoms with van der Waals surface area (Å²) in [5, 5.41) is -0.661. The lowest BCUT2D eigenvalue weighted by atomic mass is 9.94. The van der Waals surface area contributed by atoms with Crippen molar-refractivity contribution in [3.05, 3.63) is 34.9 Å². The average Bonchev–Trinajstić information content (AvgIpc) is 2.37. The van der Waals surface area contributed by atoms with Crippen LogP contribution in [0.25, 0.3) is 0 Å². The van der Waals surface area contributed by atoms with Crippen LogP contribution in [0.1, 0.15) is 47.1 Å². The molecule has 4 heteroatoms. The minimum absolute atomic E-state index is 0.239. The Morgan fingerprint density at radius 1 is 1.33 bits per heavy atom. The van der Waals surface area contributed by atoms with Crippen molar-refractivity contribution in [2.75, 3.05) is 6.61 Å². The number of hydrogen-bond acceptors (Lipinski definition) is 3. The van der Waals surface area contributed by atoms with Crippen LogP contribution in [-0.4, -0.2) is 23.7 Å². The van der Waals surface area contributed by atoms with E-state index in [0.29, 0.717) is 17.5 Å². The molecule has 0 aliphatic carbocycles. The predicted octanol–water partition coefficient (Wildman–Crippen LogP) is 3.24. The first-order valence-corrected chi connectivity index (χ1v) is 6.43. The van der Waals surface area contributed by atoms with Gasteiger partial charge in [-0.2, -0.15) is 0 Å². The predicted molar refractivity (Wildman–Crippen MR) is 71.4 cm³/mol. The first-order chi connectivity index (χ1) is 8.52. The van der Waals surface area contributed by atoms with Crippen molar-refractivity contribution in [3.63, 3.8) is 0 Å². The fourth-order valence-electron chi connectivity index (χ4n) is 1.76. The van der Waals surface area contributed by atoms with Gasteiger partial charge in [0.25, 0.3) is 0 Å². The summed E-state index contributed by atoms with van der Waals surface area (Å²) in [7, 11) is 0. The Morgan fingerprint density at radius 3 is 2.50 bits per heavy atom. The van der Waals surface area contributed by atoms with E-state index in [-0.39, 0.29) is 12.4 Å². The molecule has 0 radical (unpaired) electrons. The summed E-state index contributed by atoms with van der Waals surface area (Å²) in [5.74, 6) is -0.717. The Balaban J connectivity index is 3.33.